The summed E-state index contributed by atoms with van der Waals surface area (Å²) in [4.78, 5) is 21.9. The lowest BCUT2D eigenvalue weighted by molar-refractivity contribution is 0.0743. The summed E-state index contributed by atoms with van der Waals surface area (Å²) in [5, 5.41) is 18.4. The van der Waals surface area contributed by atoms with Crippen LogP contribution in [0.1, 0.15) is 15.9 Å². The molecule has 1 aromatic carbocycles. The topological polar surface area (TPSA) is 105 Å². The molecule has 1 saturated heterocycles. The molecular formula is C29H26N8O2. The zero-order valence-electron chi connectivity index (χ0n) is 21.7. The fourth-order valence-electron chi connectivity index (χ4n) is 5.01. The van der Waals surface area contributed by atoms with Gasteiger partial charge in [-0.05, 0) is 30.3 Å². The number of benzene rings is 1. The molecule has 1 fully saturated rings. The number of pyridine rings is 2. The standard InChI is InChI=1S/C29H26N8O2/c1-34-18-23(17-32-34)21-13-25(28-22(14-30)16-33-37(28)19-21)20-7-8-27(31-15-20)35-9-11-36(12-10-35)29(38)24-5-3-4-6-26(24)39-2/h3-8,13,15-19H,9-12H2,1-2H3. The Morgan fingerprint density at radius 2 is 1.77 bits per heavy atom. The van der Waals surface area contributed by atoms with Gasteiger partial charge in [0.25, 0.3) is 5.91 Å². The summed E-state index contributed by atoms with van der Waals surface area (Å²) in [6, 6.07) is 15.6. The first kappa shape index (κ1) is 24.2. The number of aromatic nitrogens is 5. The van der Waals surface area contributed by atoms with Crippen LogP contribution in [0.15, 0.2) is 73.4 Å². The number of nitrogens with zero attached hydrogens (tertiary/aromatic N) is 8. The Labute approximate surface area is 225 Å². The van der Waals surface area contributed by atoms with Crippen LogP contribution >= 0.6 is 0 Å². The van der Waals surface area contributed by atoms with Gasteiger partial charge in [0.2, 0.25) is 0 Å². The largest absolute Gasteiger partial charge is 0.496 e. The molecule has 39 heavy (non-hydrogen) atoms. The number of carbonyl (C=O) groups excluding carboxylic acids is 1. The minimum Gasteiger partial charge on any atom is -0.496 e. The Hall–Kier alpha value is -5.17. The highest BCUT2D eigenvalue weighted by molar-refractivity contribution is 5.97. The predicted molar refractivity (Wildman–Crippen MR) is 146 cm³/mol. The molecule has 6 rings (SSSR count). The van der Waals surface area contributed by atoms with Crippen LogP contribution in [0, 0.1) is 11.3 Å². The predicted octanol–water partition coefficient (Wildman–Crippen LogP) is 3.64. The molecule has 0 saturated carbocycles. The Morgan fingerprint density at radius 3 is 2.46 bits per heavy atom. The third-order valence-corrected chi connectivity index (χ3v) is 7.06. The van der Waals surface area contributed by atoms with Crippen molar-refractivity contribution < 1.29 is 9.53 Å². The zero-order chi connectivity index (χ0) is 26.9. The Morgan fingerprint density at radius 1 is 0.949 bits per heavy atom. The van der Waals surface area contributed by atoms with Gasteiger partial charge in [-0.25, -0.2) is 9.50 Å². The number of rotatable bonds is 5. The summed E-state index contributed by atoms with van der Waals surface area (Å²) in [6.07, 6.45) is 9.07. The molecule has 1 aliphatic rings. The molecule has 0 unspecified atom stereocenters. The van der Waals surface area contributed by atoms with E-state index in [0.29, 0.717) is 43.1 Å². The second-order valence-corrected chi connectivity index (χ2v) is 9.39. The highest BCUT2D eigenvalue weighted by Gasteiger charge is 2.25. The summed E-state index contributed by atoms with van der Waals surface area (Å²) in [5.74, 6) is 1.40. The van der Waals surface area contributed by atoms with E-state index in [1.807, 2.05) is 60.9 Å². The number of methoxy groups -OCH3 is 1. The highest BCUT2D eigenvalue weighted by Crippen LogP contribution is 2.32. The summed E-state index contributed by atoms with van der Waals surface area (Å²) < 4.78 is 8.86. The minimum atomic E-state index is -0.0259. The fraction of sp³-hybridized carbons (Fsp3) is 0.207. The fourth-order valence-corrected chi connectivity index (χ4v) is 5.01. The van der Waals surface area contributed by atoms with E-state index < -0.39 is 0 Å². The van der Waals surface area contributed by atoms with Crippen LogP contribution in [0.2, 0.25) is 0 Å². The van der Waals surface area contributed by atoms with E-state index in [4.69, 9.17) is 9.72 Å². The van der Waals surface area contributed by atoms with Crippen molar-refractivity contribution in [2.24, 2.45) is 7.05 Å². The first-order valence-corrected chi connectivity index (χ1v) is 12.6. The van der Waals surface area contributed by atoms with Crippen molar-refractivity contribution in [1.82, 2.24) is 29.3 Å². The molecule has 0 radical (unpaired) electrons. The number of hydrogen-bond acceptors (Lipinski definition) is 7. The highest BCUT2D eigenvalue weighted by atomic mass is 16.5. The van der Waals surface area contributed by atoms with E-state index in [1.165, 1.54) is 0 Å². The number of anilines is 1. The Kier molecular flexibility index (Phi) is 6.17. The molecule has 4 aromatic heterocycles. The first-order chi connectivity index (χ1) is 19.1. The van der Waals surface area contributed by atoms with Crippen molar-refractivity contribution in [3.05, 3.63) is 84.6 Å². The number of ether oxygens (including phenoxy) is 1. The molecule has 1 amide bonds. The van der Waals surface area contributed by atoms with E-state index in [1.54, 1.807) is 40.8 Å². The molecule has 0 aliphatic carbocycles. The molecule has 1 aliphatic heterocycles. The smallest absolute Gasteiger partial charge is 0.257 e. The van der Waals surface area contributed by atoms with Crippen LogP contribution in [0.25, 0.3) is 27.8 Å². The van der Waals surface area contributed by atoms with Gasteiger partial charge in [0, 0.05) is 74.1 Å². The van der Waals surface area contributed by atoms with Gasteiger partial charge in [0.1, 0.15) is 17.6 Å². The van der Waals surface area contributed by atoms with Gasteiger partial charge in [0.15, 0.2) is 0 Å². The van der Waals surface area contributed by atoms with Gasteiger partial charge in [0.05, 0.1) is 36.1 Å². The maximum Gasteiger partial charge on any atom is 0.257 e. The van der Waals surface area contributed by atoms with Gasteiger partial charge in [-0.2, -0.15) is 15.5 Å². The van der Waals surface area contributed by atoms with Crippen LogP contribution in [0.3, 0.4) is 0 Å². The van der Waals surface area contributed by atoms with Gasteiger partial charge in [-0.3, -0.25) is 9.48 Å². The van der Waals surface area contributed by atoms with E-state index in [0.717, 1.165) is 33.6 Å². The second-order valence-electron chi connectivity index (χ2n) is 9.39. The van der Waals surface area contributed by atoms with Gasteiger partial charge in [-0.15, -0.1) is 0 Å². The number of hydrogen-bond donors (Lipinski definition) is 0. The normalized spacial score (nSPS) is 13.5. The van der Waals surface area contributed by atoms with Crippen LogP contribution in [0.5, 0.6) is 5.75 Å². The van der Waals surface area contributed by atoms with Crippen LogP contribution in [-0.4, -0.2) is 68.5 Å². The monoisotopic (exact) mass is 518 g/mol. The quantitative estimate of drug-likeness (QED) is 0.350. The lowest BCUT2D eigenvalue weighted by Crippen LogP contribution is -2.49. The number of aryl methyl sites for hydroxylation is 1. The maximum absolute atomic E-state index is 13.1. The number of para-hydroxylation sites is 1. The van der Waals surface area contributed by atoms with Crippen LogP contribution in [-0.2, 0) is 7.05 Å². The average Bonchev–Trinajstić information content (AvgIpc) is 3.62. The summed E-state index contributed by atoms with van der Waals surface area (Å²) in [7, 11) is 3.45. The van der Waals surface area contributed by atoms with Crippen molar-refractivity contribution in [2.75, 3.05) is 38.2 Å². The lowest BCUT2D eigenvalue weighted by Gasteiger charge is -2.35. The van der Waals surface area contributed by atoms with Crippen molar-refractivity contribution >= 4 is 17.2 Å². The van der Waals surface area contributed by atoms with E-state index >= 15 is 0 Å². The summed E-state index contributed by atoms with van der Waals surface area (Å²) in [6.45, 7) is 2.54. The van der Waals surface area contributed by atoms with Gasteiger partial charge in [-0.1, -0.05) is 12.1 Å². The molecule has 0 spiro atoms. The molecular weight excluding hydrogens is 492 g/mol. The lowest BCUT2D eigenvalue weighted by atomic mass is 10.0. The molecule has 0 N–H and O–H groups in total. The van der Waals surface area contributed by atoms with Gasteiger partial charge >= 0.3 is 0 Å². The Balaban J connectivity index is 1.24. The van der Waals surface area contributed by atoms with Crippen molar-refractivity contribution in [1.29, 1.82) is 5.26 Å². The molecule has 0 bridgehead atoms. The maximum atomic E-state index is 13.1. The average molecular weight is 519 g/mol. The number of fused-ring (bicyclic) bond motifs is 1. The molecule has 10 heteroatoms. The number of amides is 1. The zero-order valence-corrected chi connectivity index (χ0v) is 21.7. The third-order valence-electron chi connectivity index (χ3n) is 7.06. The van der Waals surface area contributed by atoms with E-state index in [-0.39, 0.29) is 5.91 Å². The van der Waals surface area contributed by atoms with Gasteiger partial charge < -0.3 is 14.5 Å². The van der Waals surface area contributed by atoms with Crippen molar-refractivity contribution in [3.63, 3.8) is 0 Å². The van der Waals surface area contributed by atoms with E-state index in [2.05, 4.69) is 21.2 Å². The molecule has 194 valence electrons. The second kappa shape index (κ2) is 9.95. The minimum absolute atomic E-state index is 0.0259. The van der Waals surface area contributed by atoms with E-state index in [9.17, 15) is 10.1 Å². The SMILES string of the molecule is COc1ccccc1C(=O)N1CCN(c2ccc(-c3cc(-c4cnn(C)c4)cn4ncc(C#N)c34)cn2)CC1. The number of piperazine rings is 1. The summed E-state index contributed by atoms with van der Waals surface area (Å²) in [5.41, 5.74) is 5.48. The Bertz CT molecular complexity index is 1710. The molecule has 5 aromatic rings. The van der Waals surface area contributed by atoms with Crippen LogP contribution in [0.4, 0.5) is 5.82 Å². The molecule has 5 heterocycles. The molecule has 0 atom stereocenters. The number of carbonyl (C=O) groups is 1. The molecule has 10 nitrogen and oxygen atoms in total. The number of nitriles is 1. The van der Waals surface area contributed by atoms with Crippen molar-refractivity contribution in [2.45, 2.75) is 0 Å². The summed E-state index contributed by atoms with van der Waals surface area (Å²) >= 11 is 0. The van der Waals surface area contributed by atoms with Crippen LogP contribution < -0.4 is 9.64 Å². The van der Waals surface area contributed by atoms with Crippen molar-refractivity contribution in [3.8, 4) is 34.1 Å². The first-order valence-electron chi connectivity index (χ1n) is 12.6. The third kappa shape index (κ3) is 4.44.